The number of nitrogens with one attached hydrogen (secondary N) is 1. The van der Waals surface area contributed by atoms with E-state index in [9.17, 15) is 15.0 Å². The van der Waals surface area contributed by atoms with Crippen molar-refractivity contribution < 1.29 is 29.2 Å². The topological polar surface area (TPSA) is 128 Å². The molecule has 0 radical (unpaired) electrons. The second-order valence-electron chi connectivity index (χ2n) is 6.99. The molecule has 1 aromatic carbocycles. The van der Waals surface area contributed by atoms with Gasteiger partial charge >= 0.3 is 0 Å². The summed E-state index contributed by atoms with van der Waals surface area (Å²) < 4.78 is 17.1. The third kappa shape index (κ3) is 4.45. The predicted molar refractivity (Wildman–Crippen MR) is 102 cm³/mol. The second kappa shape index (κ2) is 8.95. The molecule has 4 rings (SSSR count). The van der Waals surface area contributed by atoms with Crippen LogP contribution in [0.25, 0.3) is 0 Å². The van der Waals surface area contributed by atoms with Crippen molar-refractivity contribution in [2.24, 2.45) is 5.92 Å². The van der Waals surface area contributed by atoms with Crippen LogP contribution in [0.15, 0.2) is 24.4 Å². The number of fused-ring (bicyclic) bond motifs is 1. The van der Waals surface area contributed by atoms with E-state index >= 15 is 0 Å². The van der Waals surface area contributed by atoms with Gasteiger partial charge < -0.3 is 29.7 Å². The van der Waals surface area contributed by atoms with Crippen LogP contribution in [0.2, 0.25) is 0 Å². The van der Waals surface area contributed by atoms with Gasteiger partial charge in [0.05, 0.1) is 24.9 Å². The highest BCUT2D eigenvalue weighted by molar-refractivity contribution is 5.95. The van der Waals surface area contributed by atoms with Gasteiger partial charge in [-0.1, -0.05) is 5.21 Å². The molecule has 3 N–H and O–H groups in total. The molecule has 2 heterocycles. The summed E-state index contributed by atoms with van der Waals surface area (Å²) in [6, 6.07) is 4.33. The lowest BCUT2D eigenvalue weighted by atomic mass is 10.1. The molecule has 1 fully saturated rings. The summed E-state index contributed by atoms with van der Waals surface area (Å²) in [6.45, 7) is 0.861. The van der Waals surface area contributed by atoms with E-state index in [1.54, 1.807) is 36.2 Å². The van der Waals surface area contributed by atoms with Gasteiger partial charge in [0.15, 0.2) is 11.5 Å². The minimum absolute atomic E-state index is 0. The molecular weight excluding hydrogens is 404 g/mol. The van der Waals surface area contributed by atoms with E-state index in [1.807, 2.05) is 0 Å². The van der Waals surface area contributed by atoms with E-state index in [1.165, 1.54) is 0 Å². The smallest absolute Gasteiger partial charge is 0.251 e. The molecule has 1 aliphatic heterocycles. The molecule has 1 amide bonds. The number of benzene rings is 1. The summed E-state index contributed by atoms with van der Waals surface area (Å²) in [4.78, 5) is 12.6. The first-order valence-electron chi connectivity index (χ1n) is 8.99. The number of amides is 1. The number of nitrogens with zero attached hydrogens (tertiary/aromatic N) is 3. The maximum Gasteiger partial charge on any atom is 0.251 e. The molecule has 4 atom stereocenters. The average Bonchev–Trinajstić information content (AvgIpc) is 3.39. The first-order valence-corrected chi connectivity index (χ1v) is 8.99. The van der Waals surface area contributed by atoms with Gasteiger partial charge in [0.25, 0.3) is 5.91 Å². The predicted octanol–water partition coefficient (Wildman–Crippen LogP) is 0.115. The second-order valence-corrected chi connectivity index (χ2v) is 6.99. The Morgan fingerprint density at radius 3 is 2.90 bits per heavy atom. The number of carbonyl (C=O) groups excluding carboxylic acids is 1. The number of rotatable bonds is 6. The van der Waals surface area contributed by atoms with Gasteiger partial charge in [-0.2, -0.15) is 0 Å². The van der Waals surface area contributed by atoms with Crippen LogP contribution in [-0.4, -0.2) is 63.3 Å². The minimum atomic E-state index is -1.06. The Kier molecular flexibility index (Phi) is 6.58. The van der Waals surface area contributed by atoms with Gasteiger partial charge in [0.2, 0.25) is 6.79 Å². The molecule has 0 unspecified atom stereocenters. The molecule has 2 aromatic rings. The number of methoxy groups -OCH3 is 1. The molecule has 2 aliphatic rings. The van der Waals surface area contributed by atoms with E-state index < -0.39 is 18.2 Å². The zero-order chi connectivity index (χ0) is 19.7. The third-order valence-corrected chi connectivity index (χ3v) is 5.05. The Balaban J connectivity index is 0.00000240. The normalized spacial score (nSPS) is 24.9. The summed E-state index contributed by atoms with van der Waals surface area (Å²) in [7, 11) is 1.57. The van der Waals surface area contributed by atoms with Crippen LogP contribution in [0, 0.1) is 5.92 Å². The van der Waals surface area contributed by atoms with Crippen LogP contribution in [-0.2, 0) is 17.9 Å². The van der Waals surface area contributed by atoms with Crippen LogP contribution < -0.4 is 14.8 Å². The molecule has 158 valence electrons. The Morgan fingerprint density at radius 1 is 1.31 bits per heavy atom. The molecule has 29 heavy (non-hydrogen) atoms. The van der Waals surface area contributed by atoms with Crippen LogP contribution in [0.1, 0.15) is 22.5 Å². The SMILES string of the molecule is COCc1cn(C[C@H]2C[C@@H](NC(=O)c3ccc4c(c3)OCO4)[C@H](O)[C@@H]2O)nn1.Cl. The fraction of sp³-hybridized carbons (Fsp3) is 0.500. The van der Waals surface area contributed by atoms with E-state index in [2.05, 4.69) is 15.6 Å². The van der Waals surface area contributed by atoms with Crippen molar-refractivity contribution in [1.82, 2.24) is 20.3 Å². The van der Waals surface area contributed by atoms with Crippen LogP contribution >= 0.6 is 12.4 Å². The Labute approximate surface area is 173 Å². The van der Waals surface area contributed by atoms with Crippen molar-refractivity contribution in [3.63, 3.8) is 0 Å². The van der Waals surface area contributed by atoms with Crippen LogP contribution in [0.5, 0.6) is 11.5 Å². The summed E-state index contributed by atoms with van der Waals surface area (Å²) in [5, 5.41) is 31.5. The fourth-order valence-corrected chi connectivity index (χ4v) is 3.62. The highest BCUT2D eigenvalue weighted by Gasteiger charge is 2.42. The standard InChI is InChI=1S/C18H22N4O6.ClH/c1-26-8-12-7-22(21-20-12)6-11-4-13(17(24)16(11)23)19-18(25)10-2-3-14-15(5-10)28-9-27-14;/h2-3,5,7,11,13,16-17,23-24H,4,6,8-9H2,1H3,(H,19,25);1H/t11-,13-,16-,17+;/m1./s1. The number of carbonyl (C=O) groups is 1. The van der Waals surface area contributed by atoms with Crippen molar-refractivity contribution in [1.29, 1.82) is 0 Å². The molecule has 0 bridgehead atoms. The number of ether oxygens (including phenoxy) is 3. The van der Waals surface area contributed by atoms with Crippen molar-refractivity contribution in [2.45, 2.75) is 37.8 Å². The number of aromatic nitrogens is 3. The van der Waals surface area contributed by atoms with Gasteiger partial charge in [0.1, 0.15) is 11.8 Å². The molecular formula is C18H23ClN4O6. The summed E-state index contributed by atoms with van der Waals surface area (Å²) in [5.41, 5.74) is 1.08. The van der Waals surface area contributed by atoms with Crippen molar-refractivity contribution in [3.05, 3.63) is 35.7 Å². The van der Waals surface area contributed by atoms with Gasteiger partial charge in [-0.05, 0) is 24.6 Å². The van der Waals surface area contributed by atoms with E-state index in [0.717, 1.165) is 0 Å². The van der Waals surface area contributed by atoms with Crippen LogP contribution in [0.4, 0.5) is 0 Å². The van der Waals surface area contributed by atoms with Crippen molar-refractivity contribution in [3.8, 4) is 11.5 Å². The van der Waals surface area contributed by atoms with Crippen LogP contribution in [0.3, 0.4) is 0 Å². The third-order valence-electron chi connectivity index (χ3n) is 5.05. The fourth-order valence-electron chi connectivity index (χ4n) is 3.62. The minimum Gasteiger partial charge on any atom is -0.454 e. The van der Waals surface area contributed by atoms with Crippen molar-refractivity contribution in [2.75, 3.05) is 13.9 Å². The number of aliphatic hydroxyl groups excluding tert-OH is 2. The summed E-state index contributed by atoms with van der Waals surface area (Å²) >= 11 is 0. The maximum absolute atomic E-state index is 12.6. The molecule has 11 heteroatoms. The lowest BCUT2D eigenvalue weighted by Gasteiger charge is -2.18. The Bertz CT molecular complexity index is 863. The zero-order valence-corrected chi connectivity index (χ0v) is 16.5. The van der Waals surface area contributed by atoms with E-state index in [0.29, 0.717) is 42.3 Å². The first kappa shape index (κ1) is 21.3. The number of hydrogen-bond acceptors (Lipinski definition) is 8. The Hall–Kier alpha value is -2.40. The molecule has 1 saturated carbocycles. The molecule has 10 nitrogen and oxygen atoms in total. The van der Waals surface area contributed by atoms with Crippen molar-refractivity contribution >= 4 is 18.3 Å². The molecule has 0 spiro atoms. The van der Waals surface area contributed by atoms with Gasteiger partial charge in [0, 0.05) is 25.1 Å². The zero-order valence-electron chi connectivity index (χ0n) is 15.7. The van der Waals surface area contributed by atoms with E-state index in [-0.39, 0.29) is 31.0 Å². The maximum atomic E-state index is 12.6. The number of hydrogen-bond donors (Lipinski definition) is 3. The van der Waals surface area contributed by atoms with Gasteiger partial charge in [-0.25, -0.2) is 0 Å². The molecule has 1 aliphatic carbocycles. The summed E-state index contributed by atoms with van der Waals surface area (Å²) in [6.07, 6.45) is 0.112. The number of aliphatic hydroxyl groups is 2. The summed E-state index contributed by atoms with van der Waals surface area (Å²) in [5.74, 6) is 0.483. The largest absolute Gasteiger partial charge is 0.454 e. The Morgan fingerprint density at radius 2 is 2.10 bits per heavy atom. The quantitative estimate of drug-likeness (QED) is 0.594. The molecule has 0 saturated heterocycles. The highest BCUT2D eigenvalue weighted by atomic mass is 35.5. The van der Waals surface area contributed by atoms with Gasteiger partial charge in [-0.3, -0.25) is 9.48 Å². The lowest BCUT2D eigenvalue weighted by molar-refractivity contribution is 0.00761. The highest BCUT2D eigenvalue weighted by Crippen LogP contribution is 2.33. The first-order chi connectivity index (χ1) is 13.5. The average molecular weight is 427 g/mol. The van der Waals surface area contributed by atoms with E-state index in [4.69, 9.17) is 14.2 Å². The number of halogens is 1. The molecule has 1 aromatic heterocycles. The van der Waals surface area contributed by atoms with Gasteiger partial charge in [-0.15, -0.1) is 17.5 Å². The monoisotopic (exact) mass is 426 g/mol. The lowest BCUT2D eigenvalue weighted by Crippen LogP contribution is -2.43.